The number of hydrazine groups is 1. The standard InChI is InChI=1S/C14H26N4O/c1-11(2)18-8-7-13(17-18)10-12(16-15)5-6-14-4-3-9-19-14/h7-8,11-12,14,16H,3-6,9-10,15H2,1-2H3. The van der Waals surface area contributed by atoms with Gasteiger partial charge in [-0.3, -0.25) is 16.0 Å². The maximum absolute atomic E-state index is 5.65. The van der Waals surface area contributed by atoms with Crippen molar-refractivity contribution in [3.8, 4) is 0 Å². The van der Waals surface area contributed by atoms with Crippen molar-refractivity contribution < 1.29 is 4.74 Å². The molecule has 0 bridgehead atoms. The molecule has 0 aromatic carbocycles. The van der Waals surface area contributed by atoms with Gasteiger partial charge in [0.05, 0.1) is 11.8 Å². The smallest absolute Gasteiger partial charge is 0.0640 e. The summed E-state index contributed by atoms with van der Waals surface area (Å²) < 4.78 is 7.63. The van der Waals surface area contributed by atoms with Crippen molar-refractivity contribution in [3.05, 3.63) is 18.0 Å². The zero-order valence-electron chi connectivity index (χ0n) is 12.0. The van der Waals surface area contributed by atoms with E-state index in [4.69, 9.17) is 10.6 Å². The number of nitrogens with two attached hydrogens (primary N) is 1. The highest BCUT2D eigenvalue weighted by molar-refractivity contribution is 5.02. The number of nitrogens with zero attached hydrogens (tertiary/aromatic N) is 2. The highest BCUT2D eigenvalue weighted by Gasteiger charge is 2.18. The summed E-state index contributed by atoms with van der Waals surface area (Å²) in [4.78, 5) is 0. The van der Waals surface area contributed by atoms with Crippen molar-refractivity contribution in [2.75, 3.05) is 6.61 Å². The Morgan fingerprint density at radius 2 is 2.42 bits per heavy atom. The Labute approximate surface area is 115 Å². The molecule has 5 nitrogen and oxygen atoms in total. The third kappa shape index (κ3) is 4.30. The lowest BCUT2D eigenvalue weighted by Crippen LogP contribution is -2.37. The minimum atomic E-state index is 0.278. The fourth-order valence-corrected chi connectivity index (χ4v) is 2.53. The zero-order valence-corrected chi connectivity index (χ0v) is 12.0. The molecule has 1 fully saturated rings. The number of hydrogen-bond donors (Lipinski definition) is 2. The lowest BCUT2D eigenvalue weighted by atomic mass is 10.0. The van der Waals surface area contributed by atoms with Gasteiger partial charge < -0.3 is 4.74 Å². The van der Waals surface area contributed by atoms with Gasteiger partial charge in [-0.25, -0.2) is 0 Å². The van der Waals surface area contributed by atoms with Crippen LogP contribution in [0.1, 0.15) is 51.3 Å². The normalized spacial score (nSPS) is 21.2. The minimum Gasteiger partial charge on any atom is -0.378 e. The van der Waals surface area contributed by atoms with Gasteiger partial charge in [-0.15, -0.1) is 0 Å². The average molecular weight is 266 g/mol. The van der Waals surface area contributed by atoms with Crippen molar-refractivity contribution >= 4 is 0 Å². The van der Waals surface area contributed by atoms with Crippen molar-refractivity contribution in [1.29, 1.82) is 0 Å². The van der Waals surface area contributed by atoms with Crippen LogP contribution in [0.4, 0.5) is 0 Å². The number of nitrogens with one attached hydrogen (secondary N) is 1. The molecule has 1 saturated heterocycles. The molecule has 2 atom stereocenters. The van der Waals surface area contributed by atoms with E-state index in [1.165, 1.54) is 12.8 Å². The van der Waals surface area contributed by atoms with Gasteiger partial charge in [0.2, 0.25) is 0 Å². The molecule has 108 valence electrons. The molecule has 1 aromatic heterocycles. The van der Waals surface area contributed by atoms with Crippen LogP contribution in [0.25, 0.3) is 0 Å². The van der Waals surface area contributed by atoms with Gasteiger partial charge in [0.25, 0.3) is 0 Å². The average Bonchev–Trinajstić information content (AvgIpc) is 3.05. The van der Waals surface area contributed by atoms with Crippen LogP contribution in [0.5, 0.6) is 0 Å². The third-order valence-corrected chi connectivity index (χ3v) is 3.74. The van der Waals surface area contributed by atoms with E-state index in [2.05, 4.69) is 30.4 Å². The number of hydrogen-bond acceptors (Lipinski definition) is 4. The fraction of sp³-hybridized carbons (Fsp3) is 0.786. The number of ether oxygens (including phenoxy) is 1. The molecule has 2 heterocycles. The molecule has 0 saturated carbocycles. The molecule has 0 radical (unpaired) electrons. The second-order valence-corrected chi connectivity index (χ2v) is 5.66. The predicted molar refractivity (Wildman–Crippen MR) is 75.6 cm³/mol. The van der Waals surface area contributed by atoms with Crippen molar-refractivity contribution in [3.63, 3.8) is 0 Å². The fourth-order valence-electron chi connectivity index (χ4n) is 2.53. The first-order valence-corrected chi connectivity index (χ1v) is 7.30. The molecular weight excluding hydrogens is 240 g/mol. The Balaban J connectivity index is 1.80. The van der Waals surface area contributed by atoms with Crippen LogP contribution in [0, 0.1) is 0 Å². The van der Waals surface area contributed by atoms with Crippen LogP contribution >= 0.6 is 0 Å². The van der Waals surface area contributed by atoms with Gasteiger partial charge in [-0.1, -0.05) is 0 Å². The highest BCUT2D eigenvalue weighted by Crippen LogP contribution is 2.18. The summed E-state index contributed by atoms with van der Waals surface area (Å²) in [6, 6.07) is 2.76. The summed E-state index contributed by atoms with van der Waals surface area (Å²) in [7, 11) is 0. The Hall–Kier alpha value is -0.910. The number of rotatable bonds is 7. The van der Waals surface area contributed by atoms with E-state index in [9.17, 15) is 0 Å². The molecule has 5 heteroatoms. The zero-order chi connectivity index (χ0) is 13.7. The minimum absolute atomic E-state index is 0.278. The Kier molecular flexibility index (Phi) is 5.36. The largest absolute Gasteiger partial charge is 0.378 e. The molecule has 19 heavy (non-hydrogen) atoms. The monoisotopic (exact) mass is 266 g/mol. The number of aromatic nitrogens is 2. The van der Waals surface area contributed by atoms with E-state index in [1.54, 1.807) is 0 Å². The van der Waals surface area contributed by atoms with Gasteiger partial charge in [0.15, 0.2) is 0 Å². The van der Waals surface area contributed by atoms with Crippen LogP contribution in [0.3, 0.4) is 0 Å². The van der Waals surface area contributed by atoms with Crippen LogP contribution in [0.2, 0.25) is 0 Å². The van der Waals surface area contributed by atoms with Crippen LogP contribution in [-0.2, 0) is 11.2 Å². The first-order valence-electron chi connectivity index (χ1n) is 7.30. The molecule has 3 N–H and O–H groups in total. The van der Waals surface area contributed by atoms with Crippen LogP contribution < -0.4 is 11.3 Å². The summed E-state index contributed by atoms with van der Waals surface area (Å²) in [6.45, 7) is 5.18. The molecule has 2 rings (SSSR count). The summed E-state index contributed by atoms with van der Waals surface area (Å²) in [6.07, 6.45) is 7.86. The summed E-state index contributed by atoms with van der Waals surface area (Å²) in [5, 5.41) is 4.57. The van der Waals surface area contributed by atoms with Gasteiger partial charge in [-0.05, 0) is 45.6 Å². The van der Waals surface area contributed by atoms with E-state index in [0.717, 1.165) is 31.6 Å². The SMILES string of the molecule is CC(C)n1ccc(CC(CCC2CCCO2)NN)n1. The van der Waals surface area contributed by atoms with Gasteiger partial charge in [0, 0.05) is 31.3 Å². The predicted octanol–water partition coefficient (Wildman–Crippen LogP) is 1.80. The molecule has 1 aromatic rings. The second-order valence-electron chi connectivity index (χ2n) is 5.66. The van der Waals surface area contributed by atoms with Crippen molar-refractivity contribution in [2.24, 2.45) is 5.84 Å². The molecular formula is C14H26N4O. The van der Waals surface area contributed by atoms with Crippen molar-refractivity contribution in [2.45, 2.75) is 64.1 Å². The van der Waals surface area contributed by atoms with E-state index in [1.807, 2.05) is 10.9 Å². The summed E-state index contributed by atoms with van der Waals surface area (Å²) >= 11 is 0. The molecule has 1 aliphatic heterocycles. The van der Waals surface area contributed by atoms with Gasteiger partial charge in [0.1, 0.15) is 0 Å². The van der Waals surface area contributed by atoms with E-state index in [-0.39, 0.29) is 6.04 Å². The first-order chi connectivity index (χ1) is 9.19. The quantitative estimate of drug-likeness (QED) is 0.583. The van der Waals surface area contributed by atoms with Gasteiger partial charge in [-0.2, -0.15) is 5.10 Å². The summed E-state index contributed by atoms with van der Waals surface area (Å²) in [5.41, 5.74) is 4.01. The molecule has 2 unspecified atom stereocenters. The first kappa shape index (κ1) is 14.5. The van der Waals surface area contributed by atoms with Crippen LogP contribution in [0.15, 0.2) is 12.3 Å². The summed E-state index contributed by atoms with van der Waals surface area (Å²) in [5.74, 6) is 5.65. The third-order valence-electron chi connectivity index (χ3n) is 3.74. The van der Waals surface area contributed by atoms with E-state index in [0.29, 0.717) is 12.1 Å². The van der Waals surface area contributed by atoms with Crippen LogP contribution in [-0.4, -0.2) is 28.5 Å². The highest BCUT2D eigenvalue weighted by atomic mass is 16.5. The lowest BCUT2D eigenvalue weighted by Gasteiger charge is -2.17. The molecule has 1 aliphatic rings. The maximum Gasteiger partial charge on any atom is 0.0640 e. The van der Waals surface area contributed by atoms with Crippen molar-refractivity contribution in [1.82, 2.24) is 15.2 Å². The molecule has 0 aliphatic carbocycles. The lowest BCUT2D eigenvalue weighted by molar-refractivity contribution is 0.0995. The maximum atomic E-state index is 5.65. The second kappa shape index (κ2) is 7.03. The van der Waals surface area contributed by atoms with Gasteiger partial charge >= 0.3 is 0 Å². The van der Waals surface area contributed by atoms with E-state index < -0.39 is 0 Å². The topological polar surface area (TPSA) is 65.1 Å². The Morgan fingerprint density at radius 1 is 1.58 bits per heavy atom. The molecule has 0 spiro atoms. The van der Waals surface area contributed by atoms with E-state index >= 15 is 0 Å². The molecule has 0 amide bonds. The Bertz CT molecular complexity index is 371. The Morgan fingerprint density at radius 3 is 3.00 bits per heavy atom.